The minimum absolute atomic E-state index is 0.249. The van der Waals surface area contributed by atoms with Gasteiger partial charge in [-0.15, -0.1) is 0 Å². The second kappa shape index (κ2) is 7.44. The predicted molar refractivity (Wildman–Crippen MR) is 99.8 cm³/mol. The lowest BCUT2D eigenvalue weighted by Crippen LogP contribution is -2.05. The molecule has 25 heavy (non-hydrogen) atoms. The number of nitrogens with zero attached hydrogens (tertiary/aromatic N) is 3. The summed E-state index contributed by atoms with van der Waals surface area (Å²) in [5, 5.41) is 0.693. The highest BCUT2D eigenvalue weighted by atomic mass is 32.2. The number of rotatable bonds is 6. The number of thioether (sulfide) groups is 1. The van der Waals surface area contributed by atoms with Crippen molar-refractivity contribution < 1.29 is 9.13 Å². The Labute approximate surface area is 151 Å². The van der Waals surface area contributed by atoms with Crippen molar-refractivity contribution in [3.63, 3.8) is 0 Å². The highest BCUT2D eigenvalue weighted by Crippen LogP contribution is 2.32. The molecule has 0 aliphatic carbocycles. The Hall–Kier alpha value is -2.08. The van der Waals surface area contributed by atoms with Crippen LogP contribution in [0, 0.1) is 19.7 Å². The topological polar surface area (TPSA) is 39.9 Å². The minimum Gasteiger partial charge on any atom is -0.471 e. The number of aromatic nitrogens is 3. The molecule has 0 amide bonds. The van der Waals surface area contributed by atoms with E-state index < -0.39 is 0 Å². The quantitative estimate of drug-likeness (QED) is 0.464. The molecule has 2 heterocycles. The Morgan fingerprint density at radius 2 is 1.88 bits per heavy atom. The van der Waals surface area contributed by atoms with Gasteiger partial charge in [-0.05, 0) is 49.8 Å². The second-order valence-electron chi connectivity index (χ2n) is 5.99. The van der Waals surface area contributed by atoms with Crippen LogP contribution in [0.25, 0.3) is 11.0 Å². The Bertz CT molecular complexity index is 890. The summed E-state index contributed by atoms with van der Waals surface area (Å²) < 4.78 is 21.3. The van der Waals surface area contributed by atoms with Crippen LogP contribution < -0.4 is 4.74 Å². The van der Waals surface area contributed by atoms with Gasteiger partial charge in [0.15, 0.2) is 5.16 Å². The molecule has 0 N–H and O–H groups in total. The summed E-state index contributed by atoms with van der Waals surface area (Å²) in [5.74, 6) is 0.337. The summed E-state index contributed by atoms with van der Waals surface area (Å²) in [6.07, 6.45) is 2.97. The number of aryl methyl sites for hydroxylation is 2. The Kier molecular flexibility index (Phi) is 5.27. The van der Waals surface area contributed by atoms with Crippen LogP contribution in [-0.4, -0.2) is 20.8 Å². The largest absolute Gasteiger partial charge is 0.471 e. The van der Waals surface area contributed by atoms with Crippen molar-refractivity contribution >= 4 is 22.8 Å². The van der Waals surface area contributed by atoms with Gasteiger partial charge in [0.25, 0.3) is 0 Å². The third kappa shape index (κ3) is 3.49. The molecule has 0 aliphatic rings. The van der Waals surface area contributed by atoms with E-state index in [0.717, 1.165) is 35.1 Å². The van der Waals surface area contributed by atoms with Crippen molar-refractivity contribution in [2.24, 2.45) is 0 Å². The molecular formula is C19H22FN3OS. The number of ether oxygens (including phenoxy) is 1. The first-order valence-corrected chi connectivity index (χ1v) is 9.56. The highest BCUT2D eigenvalue weighted by Gasteiger charge is 2.19. The zero-order chi connectivity index (χ0) is 18.0. The lowest BCUT2D eigenvalue weighted by Gasteiger charge is -2.12. The lowest BCUT2D eigenvalue weighted by molar-refractivity contribution is 0.293. The maximum atomic E-state index is 13.1. The third-order valence-corrected chi connectivity index (χ3v) is 4.87. The molecule has 6 heteroatoms. The molecule has 3 rings (SSSR count). The number of fused-ring (bicyclic) bond motifs is 1. The average Bonchev–Trinajstić information content (AvgIpc) is 2.86. The summed E-state index contributed by atoms with van der Waals surface area (Å²) in [4.78, 5) is 9.27. The minimum atomic E-state index is -0.249. The Morgan fingerprint density at radius 3 is 2.52 bits per heavy atom. The molecule has 0 saturated carbocycles. The van der Waals surface area contributed by atoms with Gasteiger partial charge in [-0.25, -0.2) is 9.37 Å². The van der Waals surface area contributed by atoms with Gasteiger partial charge >= 0.3 is 0 Å². The molecule has 4 nitrogen and oxygen atoms in total. The van der Waals surface area contributed by atoms with E-state index in [1.54, 1.807) is 12.1 Å². The van der Waals surface area contributed by atoms with Gasteiger partial charge in [0, 0.05) is 12.2 Å². The number of halogens is 1. The van der Waals surface area contributed by atoms with Gasteiger partial charge in [-0.3, -0.25) is 0 Å². The van der Waals surface area contributed by atoms with E-state index in [2.05, 4.69) is 35.3 Å². The zero-order valence-electron chi connectivity index (χ0n) is 15.0. The first-order valence-electron chi connectivity index (χ1n) is 8.33. The fourth-order valence-corrected chi connectivity index (χ4v) is 3.25. The van der Waals surface area contributed by atoms with Crippen molar-refractivity contribution in [1.82, 2.24) is 14.5 Å². The molecule has 0 saturated heterocycles. The molecular weight excluding hydrogens is 337 g/mol. The summed E-state index contributed by atoms with van der Waals surface area (Å²) in [5.41, 5.74) is 5.14. The van der Waals surface area contributed by atoms with Gasteiger partial charge in [0.2, 0.25) is 5.88 Å². The van der Waals surface area contributed by atoms with E-state index in [0.29, 0.717) is 17.6 Å². The SMILES string of the molecule is CCCn1c(C)c(C)c2nc(SC)nc(OCc3ccc(F)cc3)c21. The normalized spacial score (nSPS) is 11.2. The van der Waals surface area contributed by atoms with Crippen molar-refractivity contribution in [2.75, 3.05) is 6.26 Å². The van der Waals surface area contributed by atoms with Gasteiger partial charge < -0.3 is 9.30 Å². The fourth-order valence-electron chi connectivity index (χ4n) is 2.89. The fraction of sp³-hybridized carbons (Fsp3) is 0.368. The first kappa shape index (κ1) is 17.7. The van der Waals surface area contributed by atoms with E-state index in [9.17, 15) is 4.39 Å². The van der Waals surface area contributed by atoms with E-state index >= 15 is 0 Å². The number of hydrogen-bond acceptors (Lipinski definition) is 4. The van der Waals surface area contributed by atoms with E-state index in [1.807, 2.05) is 6.26 Å². The molecule has 0 radical (unpaired) electrons. The van der Waals surface area contributed by atoms with Crippen LogP contribution in [-0.2, 0) is 13.2 Å². The molecule has 132 valence electrons. The second-order valence-corrected chi connectivity index (χ2v) is 6.76. The van der Waals surface area contributed by atoms with Gasteiger partial charge in [-0.1, -0.05) is 30.8 Å². The van der Waals surface area contributed by atoms with Crippen LogP contribution >= 0.6 is 11.8 Å². The molecule has 2 aromatic heterocycles. The molecule has 3 aromatic rings. The van der Waals surface area contributed by atoms with E-state index in [4.69, 9.17) is 4.74 Å². The van der Waals surface area contributed by atoms with E-state index in [-0.39, 0.29) is 5.82 Å². The monoisotopic (exact) mass is 359 g/mol. The van der Waals surface area contributed by atoms with Gasteiger partial charge in [-0.2, -0.15) is 4.98 Å². The molecule has 0 aliphatic heterocycles. The van der Waals surface area contributed by atoms with Crippen molar-refractivity contribution in [3.05, 3.63) is 46.9 Å². The predicted octanol–water partition coefficient (Wildman–Crippen LogP) is 4.90. The molecule has 0 bridgehead atoms. The molecule has 0 atom stereocenters. The molecule has 0 fully saturated rings. The van der Waals surface area contributed by atoms with Crippen molar-refractivity contribution in [2.45, 2.75) is 45.5 Å². The van der Waals surface area contributed by atoms with Crippen LogP contribution in [0.3, 0.4) is 0 Å². The molecule has 0 spiro atoms. The smallest absolute Gasteiger partial charge is 0.243 e. The summed E-state index contributed by atoms with van der Waals surface area (Å²) in [6.45, 7) is 7.58. The van der Waals surface area contributed by atoms with Crippen LogP contribution in [0.15, 0.2) is 29.4 Å². The van der Waals surface area contributed by atoms with Crippen LogP contribution in [0.5, 0.6) is 5.88 Å². The third-order valence-electron chi connectivity index (χ3n) is 4.32. The Morgan fingerprint density at radius 1 is 1.16 bits per heavy atom. The maximum absolute atomic E-state index is 13.1. The maximum Gasteiger partial charge on any atom is 0.243 e. The van der Waals surface area contributed by atoms with Crippen LogP contribution in [0.2, 0.25) is 0 Å². The summed E-state index contributed by atoms with van der Waals surface area (Å²) >= 11 is 1.50. The van der Waals surface area contributed by atoms with Crippen LogP contribution in [0.4, 0.5) is 4.39 Å². The number of benzene rings is 1. The molecule has 1 aromatic carbocycles. The summed E-state index contributed by atoms with van der Waals surface area (Å²) in [6, 6.07) is 6.33. The zero-order valence-corrected chi connectivity index (χ0v) is 15.8. The van der Waals surface area contributed by atoms with E-state index in [1.165, 1.54) is 29.6 Å². The summed E-state index contributed by atoms with van der Waals surface area (Å²) in [7, 11) is 0. The van der Waals surface area contributed by atoms with Gasteiger partial charge in [0.05, 0.1) is 5.52 Å². The number of hydrogen-bond donors (Lipinski definition) is 0. The lowest BCUT2D eigenvalue weighted by atomic mass is 10.2. The van der Waals surface area contributed by atoms with Crippen molar-refractivity contribution in [1.29, 1.82) is 0 Å². The first-order chi connectivity index (χ1) is 12.0. The standard InChI is InChI=1S/C19H22FN3OS/c1-5-10-23-13(3)12(2)16-17(23)18(22-19(21-16)25-4)24-11-14-6-8-15(20)9-7-14/h6-9H,5,10-11H2,1-4H3. The average molecular weight is 359 g/mol. The van der Waals surface area contributed by atoms with Gasteiger partial charge in [0.1, 0.15) is 17.9 Å². The Balaban J connectivity index is 2.05. The molecule has 0 unspecified atom stereocenters. The highest BCUT2D eigenvalue weighted by molar-refractivity contribution is 7.98. The van der Waals surface area contributed by atoms with Crippen LogP contribution in [0.1, 0.15) is 30.2 Å². The van der Waals surface area contributed by atoms with Crippen molar-refractivity contribution in [3.8, 4) is 5.88 Å².